The van der Waals surface area contributed by atoms with Crippen molar-refractivity contribution >= 4 is 23.2 Å². The molecule has 0 spiro atoms. The van der Waals surface area contributed by atoms with Gasteiger partial charge in [0.1, 0.15) is 0 Å². The second kappa shape index (κ2) is 16.0. The summed E-state index contributed by atoms with van der Waals surface area (Å²) in [5, 5.41) is 3.24. The second-order valence-corrected chi connectivity index (χ2v) is 2.14. The van der Waals surface area contributed by atoms with Gasteiger partial charge < -0.3 is 5.32 Å². The minimum Gasteiger partial charge on any atom is -0.310 e. The molecule has 0 aliphatic heterocycles. The molecule has 0 unspecified atom stereocenters. The molecule has 0 aromatic carbocycles. The first-order valence-corrected chi connectivity index (χ1v) is 3.94. The van der Waals surface area contributed by atoms with Gasteiger partial charge in [-0.2, -0.15) is 0 Å². The van der Waals surface area contributed by atoms with Gasteiger partial charge in [0.15, 0.2) is 0 Å². The van der Waals surface area contributed by atoms with E-state index in [1.807, 2.05) is 12.2 Å². The van der Waals surface area contributed by atoms with E-state index in [0.29, 0.717) is 0 Å². The normalized spacial score (nSPS) is 7.40. The highest BCUT2D eigenvalue weighted by atomic mass is 35.5. The second-order valence-electron chi connectivity index (χ2n) is 1.34. The van der Waals surface area contributed by atoms with Gasteiger partial charge in [-0.1, -0.05) is 12.2 Å². The van der Waals surface area contributed by atoms with E-state index in [-0.39, 0.29) is 5.34 Å². The van der Waals surface area contributed by atoms with Crippen LogP contribution >= 0.6 is 23.2 Å². The summed E-state index contributed by atoms with van der Waals surface area (Å²) >= 11 is 9.53. The minimum absolute atomic E-state index is 0.194. The molecule has 0 bridgehead atoms. The summed E-state index contributed by atoms with van der Waals surface area (Å²) < 4.78 is 0. The van der Waals surface area contributed by atoms with Crippen molar-refractivity contribution in [3.8, 4) is 0 Å². The third-order valence-corrected chi connectivity index (χ3v) is 0.577. The molecule has 1 N–H and O–H groups in total. The van der Waals surface area contributed by atoms with E-state index in [1.54, 1.807) is 0 Å². The largest absolute Gasteiger partial charge is 0.310 e. The SMILES string of the molecule is C=CCNCC=C.ClCCl. The van der Waals surface area contributed by atoms with Crippen LogP contribution in [0.15, 0.2) is 25.3 Å². The van der Waals surface area contributed by atoms with E-state index in [2.05, 4.69) is 18.5 Å². The average Bonchev–Trinajstić information content (AvgIpc) is 1.91. The van der Waals surface area contributed by atoms with Gasteiger partial charge in [-0.05, 0) is 0 Å². The highest BCUT2D eigenvalue weighted by Gasteiger charge is 1.69. The lowest BCUT2D eigenvalue weighted by molar-refractivity contribution is 0.845. The van der Waals surface area contributed by atoms with Crippen LogP contribution in [0, 0.1) is 0 Å². The van der Waals surface area contributed by atoms with Crippen molar-refractivity contribution in [2.75, 3.05) is 18.4 Å². The van der Waals surface area contributed by atoms with E-state index in [4.69, 9.17) is 23.2 Å². The Bertz CT molecular complexity index is 66.0. The Labute approximate surface area is 72.7 Å². The van der Waals surface area contributed by atoms with Crippen molar-refractivity contribution in [1.82, 2.24) is 5.32 Å². The number of alkyl halides is 2. The third kappa shape index (κ3) is 24.5. The van der Waals surface area contributed by atoms with E-state index in [9.17, 15) is 0 Å². The number of rotatable bonds is 4. The molecule has 0 fully saturated rings. The quantitative estimate of drug-likeness (QED) is 0.399. The van der Waals surface area contributed by atoms with Crippen LogP contribution in [0.3, 0.4) is 0 Å². The number of halogens is 2. The fraction of sp³-hybridized carbons (Fsp3) is 0.429. The summed E-state index contributed by atoms with van der Waals surface area (Å²) in [6, 6.07) is 0. The zero-order chi connectivity index (χ0) is 8.24. The maximum atomic E-state index is 4.76. The minimum atomic E-state index is 0.194. The molecule has 0 saturated carbocycles. The third-order valence-electron chi connectivity index (χ3n) is 0.577. The molecule has 60 valence electrons. The number of nitrogens with one attached hydrogen (secondary N) is 1. The van der Waals surface area contributed by atoms with Crippen molar-refractivity contribution in [2.45, 2.75) is 0 Å². The standard InChI is InChI=1S/C6H11N.CH2Cl2/c1-3-5-7-6-4-2;2-1-3/h3-4,7H,1-2,5-6H2;1H2. The van der Waals surface area contributed by atoms with Crippen molar-refractivity contribution in [2.24, 2.45) is 0 Å². The Balaban J connectivity index is 0. The first-order valence-electron chi connectivity index (χ1n) is 2.87. The monoisotopic (exact) mass is 181 g/mol. The molecule has 0 aliphatic carbocycles. The highest BCUT2D eigenvalue weighted by Crippen LogP contribution is 1.73. The van der Waals surface area contributed by atoms with Crippen molar-refractivity contribution < 1.29 is 0 Å². The summed E-state index contributed by atoms with van der Waals surface area (Å²) in [6.07, 6.45) is 3.65. The zero-order valence-electron chi connectivity index (χ0n) is 5.95. The fourth-order valence-electron chi connectivity index (χ4n) is 0.287. The molecule has 10 heavy (non-hydrogen) atoms. The summed E-state index contributed by atoms with van der Waals surface area (Å²) in [5.74, 6) is 0. The molecule has 0 aromatic rings. The molecule has 0 aromatic heterocycles. The van der Waals surface area contributed by atoms with Gasteiger partial charge >= 0.3 is 0 Å². The van der Waals surface area contributed by atoms with Gasteiger partial charge in [0.05, 0.1) is 5.34 Å². The molecule has 0 saturated heterocycles. The molecule has 0 aliphatic rings. The maximum Gasteiger partial charge on any atom is 0.0967 e. The van der Waals surface area contributed by atoms with Gasteiger partial charge in [-0.3, -0.25) is 0 Å². The summed E-state index contributed by atoms with van der Waals surface area (Å²) in [7, 11) is 0. The van der Waals surface area contributed by atoms with Crippen LogP contribution < -0.4 is 5.32 Å². The lowest BCUT2D eigenvalue weighted by atomic mass is 10.5. The van der Waals surface area contributed by atoms with E-state index in [0.717, 1.165) is 13.1 Å². The molecule has 1 nitrogen and oxygen atoms in total. The van der Waals surface area contributed by atoms with Crippen LogP contribution in [0.1, 0.15) is 0 Å². The Morgan fingerprint density at radius 2 is 1.40 bits per heavy atom. The Morgan fingerprint density at radius 3 is 1.60 bits per heavy atom. The van der Waals surface area contributed by atoms with Crippen molar-refractivity contribution in [3.05, 3.63) is 25.3 Å². The molecule has 0 rings (SSSR count). The van der Waals surface area contributed by atoms with E-state index in [1.165, 1.54) is 0 Å². The van der Waals surface area contributed by atoms with Crippen molar-refractivity contribution in [1.29, 1.82) is 0 Å². The Hall–Kier alpha value is 0.0200. The summed E-state index contributed by atoms with van der Waals surface area (Å²) in [4.78, 5) is 0. The number of hydrogen-bond donors (Lipinski definition) is 1. The molecular weight excluding hydrogens is 169 g/mol. The smallest absolute Gasteiger partial charge is 0.0967 e. The maximum absolute atomic E-state index is 4.76. The van der Waals surface area contributed by atoms with Crippen LogP contribution in [-0.2, 0) is 0 Å². The Kier molecular flexibility index (Phi) is 20.3. The molecule has 0 heterocycles. The molecule has 0 radical (unpaired) electrons. The highest BCUT2D eigenvalue weighted by molar-refractivity contribution is 6.40. The number of hydrogen-bond acceptors (Lipinski definition) is 1. The molecular formula is C7H13Cl2N. The lowest BCUT2D eigenvalue weighted by Gasteiger charge is -1.90. The van der Waals surface area contributed by atoms with Gasteiger partial charge in [0.2, 0.25) is 0 Å². The van der Waals surface area contributed by atoms with Crippen LogP contribution in [0.2, 0.25) is 0 Å². The van der Waals surface area contributed by atoms with E-state index >= 15 is 0 Å². The first-order chi connectivity index (χ1) is 4.83. The predicted molar refractivity (Wildman–Crippen MR) is 49.8 cm³/mol. The zero-order valence-corrected chi connectivity index (χ0v) is 7.46. The lowest BCUT2D eigenvalue weighted by Crippen LogP contribution is -2.11. The van der Waals surface area contributed by atoms with Crippen LogP contribution in [0.25, 0.3) is 0 Å². The molecule has 0 atom stereocenters. The van der Waals surface area contributed by atoms with Crippen LogP contribution in [-0.4, -0.2) is 18.4 Å². The topological polar surface area (TPSA) is 12.0 Å². The van der Waals surface area contributed by atoms with Gasteiger partial charge in [0, 0.05) is 13.1 Å². The summed E-state index contributed by atoms with van der Waals surface area (Å²) in [6.45, 7) is 8.81. The first kappa shape index (κ1) is 12.7. The predicted octanol–water partition coefficient (Wildman–Crippen LogP) is 2.37. The van der Waals surface area contributed by atoms with Crippen molar-refractivity contribution in [3.63, 3.8) is 0 Å². The summed E-state index contributed by atoms with van der Waals surface area (Å²) in [5.41, 5.74) is 0. The van der Waals surface area contributed by atoms with Crippen LogP contribution in [0.4, 0.5) is 0 Å². The van der Waals surface area contributed by atoms with Gasteiger partial charge in [0.25, 0.3) is 0 Å². The Morgan fingerprint density at radius 1 is 1.10 bits per heavy atom. The van der Waals surface area contributed by atoms with Crippen LogP contribution in [0.5, 0.6) is 0 Å². The van der Waals surface area contributed by atoms with E-state index < -0.39 is 0 Å². The molecule has 3 heteroatoms. The fourth-order valence-corrected chi connectivity index (χ4v) is 0.287. The van der Waals surface area contributed by atoms with Gasteiger partial charge in [-0.25, -0.2) is 0 Å². The van der Waals surface area contributed by atoms with Gasteiger partial charge in [-0.15, -0.1) is 36.4 Å². The average molecular weight is 182 g/mol. The molecule has 0 amide bonds.